The molecule has 8 heteroatoms. The molecule has 0 radical (unpaired) electrons. The monoisotopic (exact) mass is 382 g/mol. The second-order valence-electron chi connectivity index (χ2n) is 6.72. The molecule has 1 aliphatic heterocycles. The van der Waals surface area contributed by atoms with E-state index in [1.807, 2.05) is 46.3 Å². The molecule has 0 N–H and O–H groups in total. The van der Waals surface area contributed by atoms with Crippen molar-refractivity contribution in [1.29, 1.82) is 0 Å². The van der Waals surface area contributed by atoms with Crippen molar-refractivity contribution in [2.24, 2.45) is 0 Å². The molecule has 0 aliphatic carbocycles. The van der Waals surface area contributed by atoms with Gasteiger partial charge in [0, 0.05) is 37.3 Å². The number of nitrogens with zero attached hydrogens (tertiary/aromatic N) is 6. The highest BCUT2D eigenvalue weighted by Crippen LogP contribution is 2.18. The van der Waals surface area contributed by atoms with Crippen LogP contribution >= 0.6 is 11.3 Å². The zero-order chi connectivity index (χ0) is 18.8. The van der Waals surface area contributed by atoms with E-state index in [0.29, 0.717) is 12.4 Å². The first-order valence-electron chi connectivity index (χ1n) is 9.04. The van der Waals surface area contributed by atoms with Gasteiger partial charge in [0.25, 0.3) is 5.91 Å². The van der Waals surface area contributed by atoms with Gasteiger partial charge in [0.1, 0.15) is 5.82 Å². The van der Waals surface area contributed by atoms with Crippen molar-refractivity contribution in [3.63, 3.8) is 0 Å². The number of amides is 1. The standard InChI is InChI=1S/C19H22N6OS/c1-14-10-15(2)25(22-14)18-12-20-11-17(21-18)23-5-3-6-24(8-7-23)19(26)16-4-9-27-13-16/h4,9-13H,3,5-8H2,1-2H3. The van der Waals surface area contributed by atoms with Crippen molar-refractivity contribution < 1.29 is 4.79 Å². The molecule has 0 unspecified atom stereocenters. The zero-order valence-corrected chi connectivity index (χ0v) is 16.3. The van der Waals surface area contributed by atoms with E-state index in [4.69, 9.17) is 4.98 Å². The average Bonchev–Trinajstić information content (AvgIpc) is 3.24. The Morgan fingerprint density at radius 3 is 2.70 bits per heavy atom. The van der Waals surface area contributed by atoms with E-state index in [-0.39, 0.29) is 5.91 Å². The first kappa shape index (κ1) is 17.7. The van der Waals surface area contributed by atoms with Crippen LogP contribution in [0.3, 0.4) is 0 Å². The van der Waals surface area contributed by atoms with Crippen LogP contribution < -0.4 is 4.90 Å². The molecule has 4 rings (SSSR count). The van der Waals surface area contributed by atoms with Crippen molar-refractivity contribution in [3.8, 4) is 5.82 Å². The molecule has 1 saturated heterocycles. The summed E-state index contributed by atoms with van der Waals surface area (Å²) in [5, 5.41) is 8.35. The lowest BCUT2D eigenvalue weighted by Gasteiger charge is -2.22. The summed E-state index contributed by atoms with van der Waals surface area (Å²) in [6.07, 6.45) is 4.42. The minimum absolute atomic E-state index is 0.112. The van der Waals surface area contributed by atoms with Gasteiger partial charge in [0.05, 0.1) is 23.7 Å². The largest absolute Gasteiger partial charge is 0.353 e. The zero-order valence-electron chi connectivity index (χ0n) is 15.5. The Morgan fingerprint density at radius 2 is 1.96 bits per heavy atom. The number of aryl methyl sites for hydroxylation is 2. The van der Waals surface area contributed by atoms with E-state index < -0.39 is 0 Å². The molecule has 3 aromatic rings. The summed E-state index contributed by atoms with van der Waals surface area (Å²) < 4.78 is 1.82. The normalized spacial score (nSPS) is 15.0. The van der Waals surface area contributed by atoms with E-state index in [1.165, 1.54) is 0 Å². The summed E-state index contributed by atoms with van der Waals surface area (Å²) in [6, 6.07) is 3.91. The molecule has 1 aliphatic rings. The average molecular weight is 382 g/mol. The van der Waals surface area contributed by atoms with E-state index in [9.17, 15) is 4.79 Å². The predicted octanol–water partition coefficient (Wildman–Crippen LogP) is 2.69. The first-order chi connectivity index (χ1) is 13.1. The second-order valence-corrected chi connectivity index (χ2v) is 7.50. The van der Waals surface area contributed by atoms with Crippen molar-refractivity contribution in [2.45, 2.75) is 20.3 Å². The van der Waals surface area contributed by atoms with Crippen LogP contribution in [-0.4, -0.2) is 56.7 Å². The van der Waals surface area contributed by atoms with Crippen LogP contribution in [0.1, 0.15) is 28.2 Å². The molecule has 3 aromatic heterocycles. The van der Waals surface area contributed by atoms with Crippen LogP contribution in [-0.2, 0) is 0 Å². The third-order valence-electron chi connectivity index (χ3n) is 4.71. The fourth-order valence-electron chi connectivity index (χ4n) is 3.38. The maximum atomic E-state index is 12.6. The van der Waals surface area contributed by atoms with Crippen LogP contribution in [0.5, 0.6) is 0 Å². The van der Waals surface area contributed by atoms with Crippen LogP contribution in [0, 0.1) is 13.8 Å². The van der Waals surface area contributed by atoms with Gasteiger partial charge in [0.15, 0.2) is 5.82 Å². The molecule has 0 saturated carbocycles. The number of hydrogen-bond acceptors (Lipinski definition) is 6. The number of thiophene rings is 1. The first-order valence-corrected chi connectivity index (χ1v) is 9.98. The van der Waals surface area contributed by atoms with E-state index in [0.717, 1.165) is 48.8 Å². The highest BCUT2D eigenvalue weighted by atomic mass is 32.1. The van der Waals surface area contributed by atoms with E-state index >= 15 is 0 Å². The molecular formula is C19H22N6OS. The lowest BCUT2D eigenvalue weighted by Crippen LogP contribution is -2.35. The van der Waals surface area contributed by atoms with Crippen LogP contribution in [0.15, 0.2) is 35.3 Å². The van der Waals surface area contributed by atoms with Crippen LogP contribution in [0.25, 0.3) is 5.82 Å². The molecule has 0 bridgehead atoms. The number of carbonyl (C=O) groups is 1. The van der Waals surface area contributed by atoms with Crippen molar-refractivity contribution in [2.75, 3.05) is 31.1 Å². The number of aromatic nitrogens is 4. The van der Waals surface area contributed by atoms with Gasteiger partial charge in [-0.25, -0.2) is 9.67 Å². The molecule has 0 spiro atoms. The Balaban J connectivity index is 1.50. The maximum Gasteiger partial charge on any atom is 0.254 e. The second kappa shape index (κ2) is 7.48. The van der Waals surface area contributed by atoms with Gasteiger partial charge in [-0.3, -0.25) is 9.78 Å². The Bertz CT molecular complexity index is 936. The van der Waals surface area contributed by atoms with Gasteiger partial charge in [0.2, 0.25) is 0 Å². The molecule has 1 amide bonds. The quantitative estimate of drug-likeness (QED) is 0.697. The van der Waals surface area contributed by atoms with Gasteiger partial charge in [-0.15, -0.1) is 0 Å². The lowest BCUT2D eigenvalue weighted by molar-refractivity contribution is 0.0767. The molecule has 27 heavy (non-hydrogen) atoms. The number of anilines is 1. The summed E-state index contributed by atoms with van der Waals surface area (Å²) >= 11 is 1.55. The molecule has 0 aromatic carbocycles. The fraction of sp³-hybridized carbons (Fsp3) is 0.368. The van der Waals surface area contributed by atoms with Crippen molar-refractivity contribution in [3.05, 3.63) is 52.2 Å². The Kier molecular flexibility index (Phi) is 4.89. The number of hydrogen-bond donors (Lipinski definition) is 0. The summed E-state index contributed by atoms with van der Waals surface area (Å²) in [7, 11) is 0. The highest BCUT2D eigenvalue weighted by Gasteiger charge is 2.21. The van der Waals surface area contributed by atoms with Crippen LogP contribution in [0.4, 0.5) is 5.82 Å². The fourth-order valence-corrected chi connectivity index (χ4v) is 4.01. The van der Waals surface area contributed by atoms with Gasteiger partial charge in [-0.05, 0) is 37.8 Å². The topological polar surface area (TPSA) is 67.2 Å². The number of carbonyl (C=O) groups excluding carboxylic acids is 1. The van der Waals surface area contributed by atoms with E-state index in [1.54, 1.807) is 23.7 Å². The van der Waals surface area contributed by atoms with Crippen LogP contribution in [0.2, 0.25) is 0 Å². The number of rotatable bonds is 3. The summed E-state index contributed by atoms with van der Waals surface area (Å²) in [5.41, 5.74) is 2.76. The minimum atomic E-state index is 0.112. The molecular weight excluding hydrogens is 360 g/mol. The smallest absolute Gasteiger partial charge is 0.254 e. The Hall–Kier alpha value is -2.74. The minimum Gasteiger partial charge on any atom is -0.353 e. The summed E-state index contributed by atoms with van der Waals surface area (Å²) in [6.45, 7) is 7.01. The van der Waals surface area contributed by atoms with Gasteiger partial charge >= 0.3 is 0 Å². The van der Waals surface area contributed by atoms with Crippen molar-refractivity contribution >= 4 is 23.1 Å². The molecule has 0 atom stereocenters. The van der Waals surface area contributed by atoms with Crippen molar-refractivity contribution in [1.82, 2.24) is 24.6 Å². The Labute approximate surface area is 162 Å². The highest BCUT2D eigenvalue weighted by molar-refractivity contribution is 7.08. The van der Waals surface area contributed by atoms with E-state index in [2.05, 4.69) is 15.0 Å². The SMILES string of the molecule is Cc1cc(C)n(-c2cncc(N3CCCN(C(=O)c4ccsc4)CC3)n2)n1. The third kappa shape index (κ3) is 3.71. The Morgan fingerprint density at radius 1 is 1.11 bits per heavy atom. The van der Waals surface area contributed by atoms with Gasteiger partial charge < -0.3 is 9.80 Å². The van der Waals surface area contributed by atoms with Gasteiger partial charge in [-0.1, -0.05) is 0 Å². The molecule has 4 heterocycles. The molecule has 7 nitrogen and oxygen atoms in total. The lowest BCUT2D eigenvalue weighted by atomic mass is 10.3. The third-order valence-corrected chi connectivity index (χ3v) is 5.39. The maximum absolute atomic E-state index is 12.6. The molecule has 1 fully saturated rings. The summed E-state index contributed by atoms with van der Waals surface area (Å²) in [4.78, 5) is 25.9. The molecule has 140 valence electrons. The predicted molar refractivity (Wildman–Crippen MR) is 106 cm³/mol. The summed E-state index contributed by atoms with van der Waals surface area (Å²) in [5.74, 6) is 1.65. The van der Waals surface area contributed by atoms with Gasteiger partial charge in [-0.2, -0.15) is 16.4 Å².